The first-order chi connectivity index (χ1) is 12.3. The Morgan fingerprint density at radius 1 is 1.00 bits per heavy atom. The first-order valence-corrected chi connectivity index (χ1v) is 11.0. The van der Waals surface area contributed by atoms with E-state index in [4.69, 9.17) is 0 Å². The summed E-state index contributed by atoms with van der Waals surface area (Å²) < 4.78 is 65.8. The van der Waals surface area contributed by atoms with Crippen LogP contribution in [0.4, 0.5) is 4.39 Å². The van der Waals surface area contributed by atoms with Gasteiger partial charge in [-0.25, -0.2) is 30.5 Å². The Morgan fingerprint density at radius 3 is 2.31 bits per heavy atom. The molecule has 1 aromatic carbocycles. The van der Waals surface area contributed by atoms with E-state index in [0.29, 0.717) is 12.0 Å². The van der Waals surface area contributed by atoms with Crippen LogP contribution in [0, 0.1) is 5.82 Å². The summed E-state index contributed by atoms with van der Waals surface area (Å²) in [5.41, 5.74) is 0.484. The van der Waals surface area contributed by atoms with Crippen molar-refractivity contribution in [3.8, 4) is 0 Å². The van der Waals surface area contributed by atoms with Gasteiger partial charge < -0.3 is 4.98 Å². The van der Waals surface area contributed by atoms with Gasteiger partial charge in [0.1, 0.15) is 5.82 Å². The Morgan fingerprint density at radius 2 is 1.65 bits per heavy atom. The minimum Gasteiger partial charge on any atom is -0.335 e. The Balaban J connectivity index is 1.70. The highest BCUT2D eigenvalue weighted by atomic mass is 32.2. The van der Waals surface area contributed by atoms with Crippen molar-refractivity contribution in [1.82, 2.24) is 18.6 Å². The molecule has 1 aromatic heterocycles. The van der Waals surface area contributed by atoms with E-state index in [0.717, 1.165) is 0 Å². The molecule has 1 saturated heterocycles. The number of hydrogen-bond donors (Lipinski definition) is 1. The second-order valence-corrected chi connectivity index (χ2v) is 9.83. The molecule has 11 heteroatoms. The summed E-state index contributed by atoms with van der Waals surface area (Å²) in [5.74, 6) is -0.679. The molecule has 1 aliphatic rings. The molecular formula is C15H19FN4O4S2. The summed E-state index contributed by atoms with van der Waals surface area (Å²) in [7, 11) is -7.35. The van der Waals surface area contributed by atoms with Crippen molar-refractivity contribution >= 4 is 20.0 Å². The third-order valence-corrected chi connectivity index (χ3v) is 7.83. The monoisotopic (exact) mass is 402 g/mol. The quantitative estimate of drug-likeness (QED) is 0.796. The van der Waals surface area contributed by atoms with Gasteiger partial charge >= 0.3 is 0 Å². The molecule has 1 N–H and O–H groups in total. The van der Waals surface area contributed by atoms with Crippen molar-refractivity contribution in [2.45, 2.75) is 17.2 Å². The lowest BCUT2D eigenvalue weighted by Gasteiger charge is -2.21. The fraction of sp³-hybridized carbons (Fsp3) is 0.400. The highest BCUT2D eigenvalue weighted by Gasteiger charge is 2.31. The number of nitrogens with zero attached hydrogens (tertiary/aromatic N) is 3. The number of benzene rings is 1. The number of halogens is 1. The molecule has 1 aliphatic heterocycles. The molecule has 0 unspecified atom stereocenters. The van der Waals surface area contributed by atoms with Gasteiger partial charge in [-0.2, -0.15) is 4.31 Å². The molecule has 0 radical (unpaired) electrons. The highest BCUT2D eigenvalue weighted by Crippen LogP contribution is 2.18. The summed E-state index contributed by atoms with van der Waals surface area (Å²) >= 11 is 0. The zero-order valence-corrected chi connectivity index (χ0v) is 15.5. The van der Waals surface area contributed by atoms with E-state index in [1.807, 2.05) is 0 Å². The number of nitrogens with one attached hydrogen (secondary N) is 1. The van der Waals surface area contributed by atoms with Gasteiger partial charge in [-0.05, 0) is 24.1 Å². The first kappa shape index (κ1) is 19.0. The topological polar surface area (TPSA) is 103 Å². The number of rotatable bonds is 5. The second-order valence-electron chi connectivity index (χ2n) is 5.96. The maximum absolute atomic E-state index is 13.0. The summed E-state index contributed by atoms with van der Waals surface area (Å²) in [4.78, 5) is 6.29. The van der Waals surface area contributed by atoms with Crippen molar-refractivity contribution in [2.24, 2.45) is 0 Å². The zero-order chi connectivity index (χ0) is 18.8. The Labute approximate surface area is 151 Å². The third kappa shape index (κ3) is 4.11. The standard InChI is InChI=1S/C15H19FN4O4S2/c16-14-4-2-13(3-5-14)11-25(21,22)19-6-1-7-20(9-8-19)26(23,24)15-10-17-12-18-15/h2-5,10,12H,1,6-9,11H2,(H,17,18). The third-order valence-electron chi connectivity index (χ3n) is 4.16. The normalized spacial score (nSPS) is 17.9. The molecule has 0 spiro atoms. The maximum Gasteiger partial charge on any atom is 0.260 e. The van der Waals surface area contributed by atoms with Crippen molar-refractivity contribution in [2.75, 3.05) is 26.2 Å². The van der Waals surface area contributed by atoms with Crippen LogP contribution < -0.4 is 0 Å². The molecule has 2 heterocycles. The van der Waals surface area contributed by atoms with Gasteiger partial charge in [-0.1, -0.05) is 12.1 Å². The van der Waals surface area contributed by atoms with Crippen LogP contribution in [-0.2, 0) is 25.8 Å². The zero-order valence-electron chi connectivity index (χ0n) is 13.9. The molecule has 8 nitrogen and oxygen atoms in total. The molecule has 0 aliphatic carbocycles. The van der Waals surface area contributed by atoms with Crippen LogP contribution in [0.15, 0.2) is 41.8 Å². The van der Waals surface area contributed by atoms with Gasteiger partial charge in [0.2, 0.25) is 10.0 Å². The molecule has 0 saturated carbocycles. The summed E-state index contributed by atoms with van der Waals surface area (Å²) in [6, 6.07) is 5.29. The minimum absolute atomic E-state index is 0.0138. The van der Waals surface area contributed by atoms with E-state index >= 15 is 0 Å². The predicted octanol–water partition coefficient (Wildman–Crippen LogP) is 0.775. The number of sulfonamides is 2. The van der Waals surface area contributed by atoms with Gasteiger partial charge in [0.05, 0.1) is 18.3 Å². The van der Waals surface area contributed by atoms with Gasteiger partial charge in [0, 0.05) is 26.2 Å². The SMILES string of the molecule is O=S(=O)(Cc1ccc(F)cc1)N1CCCN(S(=O)(=O)c2cnc[nH]2)CC1. The van der Waals surface area contributed by atoms with Crippen molar-refractivity contribution in [3.63, 3.8) is 0 Å². The summed E-state index contributed by atoms with van der Waals surface area (Å²) in [5, 5.41) is -0.0138. The fourth-order valence-electron chi connectivity index (χ4n) is 2.79. The number of aromatic amines is 1. The lowest BCUT2D eigenvalue weighted by atomic mass is 10.2. The lowest BCUT2D eigenvalue weighted by Crippen LogP contribution is -2.37. The van der Waals surface area contributed by atoms with Gasteiger partial charge in [0.25, 0.3) is 10.0 Å². The van der Waals surface area contributed by atoms with E-state index in [1.165, 1.54) is 45.4 Å². The Kier molecular flexibility index (Phi) is 5.42. The minimum atomic E-state index is -3.72. The number of aromatic nitrogens is 2. The van der Waals surface area contributed by atoms with Crippen LogP contribution in [0.3, 0.4) is 0 Å². The predicted molar refractivity (Wildman–Crippen MR) is 92.6 cm³/mol. The first-order valence-electron chi connectivity index (χ1n) is 8.00. The molecule has 0 amide bonds. The van der Waals surface area contributed by atoms with Crippen LogP contribution in [0.25, 0.3) is 0 Å². The van der Waals surface area contributed by atoms with Crippen LogP contribution in [0.2, 0.25) is 0 Å². The molecule has 26 heavy (non-hydrogen) atoms. The summed E-state index contributed by atoms with van der Waals surface area (Å²) in [6.07, 6.45) is 2.89. The number of imidazole rings is 1. The van der Waals surface area contributed by atoms with E-state index in [-0.39, 0.29) is 37.0 Å². The smallest absolute Gasteiger partial charge is 0.260 e. The molecule has 3 rings (SSSR count). The molecule has 142 valence electrons. The maximum atomic E-state index is 13.0. The van der Waals surface area contributed by atoms with Crippen molar-refractivity contribution in [1.29, 1.82) is 0 Å². The number of hydrogen-bond acceptors (Lipinski definition) is 5. The van der Waals surface area contributed by atoms with E-state index in [1.54, 1.807) is 0 Å². The molecule has 1 fully saturated rings. The average Bonchev–Trinajstić information content (AvgIpc) is 3.01. The van der Waals surface area contributed by atoms with E-state index in [9.17, 15) is 21.2 Å². The average molecular weight is 402 g/mol. The van der Waals surface area contributed by atoms with Gasteiger partial charge in [-0.3, -0.25) is 0 Å². The van der Waals surface area contributed by atoms with Crippen molar-refractivity contribution in [3.05, 3.63) is 48.2 Å². The molecule has 2 aromatic rings. The summed E-state index contributed by atoms with van der Waals surface area (Å²) in [6.45, 7) is 0.587. The van der Waals surface area contributed by atoms with Crippen LogP contribution in [-0.4, -0.2) is 61.6 Å². The highest BCUT2D eigenvalue weighted by molar-refractivity contribution is 7.89. The number of H-pyrrole nitrogens is 1. The van der Waals surface area contributed by atoms with E-state index < -0.39 is 25.9 Å². The second kappa shape index (κ2) is 7.43. The van der Waals surface area contributed by atoms with Crippen LogP contribution in [0.1, 0.15) is 12.0 Å². The van der Waals surface area contributed by atoms with Crippen LogP contribution in [0.5, 0.6) is 0 Å². The molecular weight excluding hydrogens is 383 g/mol. The molecule has 0 atom stereocenters. The molecule has 0 bridgehead atoms. The van der Waals surface area contributed by atoms with Gasteiger partial charge in [0.15, 0.2) is 5.03 Å². The van der Waals surface area contributed by atoms with Crippen LogP contribution >= 0.6 is 0 Å². The lowest BCUT2D eigenvalue weighted by molar-refractivity contribution is 0.403. The fourth-order valence-corrected chi connectivity index (χ4v) is 5.72. The van der Waals surface area contributed by atoms with Gasteiger partial charge in [-0.15, -0.1) is 0 Å². The van der Waals surface area contributed by atoms with E-state index in [2.05, 4.69) is 9.97 Å². The van der Waals surface area contributed by atoms with Crippen molar-refractivity contribution < 1.29 is 21.2 Å². The largest absolute Gasteiger partial charge is 0.335 e. The Hall–Kier alpha value is -1.82. The Bertz CT molecular complexity index is 944.